The quantitative estimate of drug-likeness (QED) is 0.844. The second-order valence-corrected chi connectivity index (χ2v) is 6.53. The number of rotatable bonds is 3. The van der Waals surface area contributed by atoms with E-state index in [-0.39, 0.29) is 12.1 Å². The Balaban J connectivity index is 2.24. The van der Waals surface area contributed by atoms with Gasteiger partial charge < -0.3 is 15.0 Å². The fourth-order valence-electron chi connectivity index (χ4n) is 2.37. The third-order valence-electron chi connectivity index (χ3n) is 3.29. The van der Waals surface area contributed by atoms with Crippen molar-refractivity contribution in [1.29, 1.82) is 0 Å². The first-order valence-electron chi connectivity index (χ1n) is 6.94. The lowest BCUT2D eigenvalue weighted by Gasteiger charge is -2.31. The summed E-state index contributed by atoms with van der Waals surface area (Å²) >= 11 is 0. The Hall–Kier alpha value is -0.770. The van der Waals surface area contributed by atoms with Crippen molar-refractivity contribution in [3.05, 3.63) is 0 Å². The summed E-state index contributed by atoms with van der Waals surface area (Å²) in [5.41, 5.74) is -0.419. The van der Waals surface area contributed by atoms with Crippen LogP contribution < -0.4 is 5.32 Å². The lowest BCUT2D eigenvalue weighted by Crippen LogP contribution is -2.40. The molecule has 1 aliphatic heterocycles. The van der Waals surface area contributed by atoms with E-state index >= 15 is 0 Å². The lowest BCUT2D eigenvalue weighted by atomic mass is 9.91. The van der Waals surface area contributed by atoms with Gasteiger partial charge in [0, 0.05) is 6.04 Å². The Morgan fingerprint density at radius 2 is 1.94 bits per heavy atom. The van der Waals surface area contributed by atoms with Gasteiger partial charge in [0.25, 0.3) is 0 Å². The number of hydrogen-bond acceptors (Lipinski definition) is 3. The maximum atomic E-state index is 11.6. The van der Waals surface area contributed by atoms with Gasteiger partial charge in [-0.25, -0.2) is 4.79 Å². The summed E-state index contributed by atoms with van der Waals surface area (Å²) in [5.74, 6) is 0.728. The predicted octanol–water partition coefficient (Wildman–Crippen LogP) is 2.63. The monoisotopic (exact) mass is 256 g/mol. The van der Waals surface area contributed by atoms with Crippen LogP contribution in [0.25, 0.3) is 0 Å². The molecule has 1 unspecified atom stereocenters. The van der Waals surface area contributed by atoms with Gasteiger partial charge in [-0.3, -0.25) is 0 Å². The highest BCUT2D eigenvalue weighted by molar-refractivity contribution is 5.67. The summed E-state index contributed by atoms with van der Waals surface area (Å²) in [4.78, 5) is 14.0. The number of hydrogen-bond donors (Lipinski definition) is 1. The zero-order valence-electron chi connectivity index (χ0n) is 12.5. The normalized spacial score (nSPS) is 20.5. The minimum atomic E-state index is -0.419. The van der Waals surface area contributed by atoms with Gasteiger partial charge in [0.15, 0.2) is 0 Å². The summed E-state index contributed by atoms with van der Waals surface area (Å²) in [7, 11) is 2.17. The molecule has 0 radical (unpaired) electrons. The molecule has 1 saturated heterocycles. The fraction of sp³-hybridized carbons (Fsp3) is 0.929. The van der Waals surface area contributed by atoms with Crippen LogP contribution in [0.4, 0.5) is 4.79 Å². The third kappa shape index (κ3) is 6.24. The average Bonchev–Trinajstić information content (AvgIpc) is 2.18. The minimum Gasteiger partial charge on any atom is -0.444 e. The van der Waals surface area contributed by atoms with Crippen molar-refractivity contribution in [3.63, 3.8) is 0 Å². The molecule has 1 amide bonds. The molecule has 0 aromatic carbocycles. The van der Waals surface area contributed by atoms with Gasteiger partial charge in [-0.1, -0.05) is 0 Å². The van der Waals surface area contributed by atoms with Crippen LogP contribution in [0.3, 0.4) is 0 Å². The zero-order valence-corrected chi connectivity index (χ0v) is 12.5. The SMILES string of the molecule is CC(CC1CCN(C)CC1)NC(=O)OC(C)(C)C. The molecule has 18 heavy (non-hydrogen) atoms. The topological polar surface area (TPSA) is 41.6 Å². The van der Waals surface area contributed by atoms with E-state index in [2.05, 4.69) is 24.2 Å². The molecule has 0 aromatic heterocycles. The second-order valence-electron chi connectivity index (χ2n) is 6.53. The number of ether oxygens (including phenoxy) is 1. The molecule has 4 nitrogen and oxygen atoms in total. The summed E-state index contributed by atoms with van der Waals surface area (Å²) in [6.45, 7) is 10.0. The maximum Gasteiger partial charge on any atom is 0.407 e. The van der Waals surface area contributed by atoms with E-state index in [1.807, 2.05) is 20.8 Å². The van der Waals surface area contributed by atoms with Gasteiger partial charge in [-0.15, -0.1) is 0 Å². The molecular weight excluding hydrogens is 228 g/mol. The molecule has 106 valence electrons. The second kappa shape index (κ2) is 6.41. The smallest absolute Gasteiger partial charge is 0.407 e. The highest BCUT2D eigenvalue weighted by Gasteiger charge is 2.21. The summed E-state index contributed by atoms with van der Waals surface area (Å²) < 4.78 is 5.26. The highest BCUT2D eigenvalue weighted by Crippen LogP contribution is 2.21. The van der Waals surface area contributed by atoms with Crippen LogP contribution in [0.5, 0.6) is 0 Å². The summed E-state index contributed by atoms with van der Waals surface area (Å²) in [6, 6.07) is 0.188. The van der Waals surface area contributed by atoms with E-state index in [1.165, 1.54) is 25.9 Å². The van der Waals surface area contributed by atoms with Crippen LogP contribution in [-0.2, 0) is 4.74 Å². The molecule has 1 N–H and O–H groups in total. The lowest BCUT2D eigenvalue weighted by molar-refractivity contribution is 0.0498. The van der Waals surface area contributed by atoms with Gasteiger partial charge in [0.1, 0.15) is 5.60 Å². The van der Waals surface area contributed by atoms with Gasteiger partial charge in [-0.05, 0) is 73.0 Å². The van der Waals surface area contributed by atoms with E-state index in [0.717, 1.165) is 12.3 Å². The molecule has 4 heteroatoms. The van der Waals surface area contributed by atoms with Crippen molar-refractivity contribution in [1.82, 2.24) is 10.2 Å². The first kappa shape index (κ1) is 15.3. The minimum absolute atomic E-state index is 0.188. The van der Waals surface area contributed by atoms with Crippen molar-refractivity contribution < 1.29 is 9.53 Å². The maximum absolute atomic E-state index is 11.6. The number of likely N-dealkylation sites (tertiary alicyclic amines) is 1. The third-order valence-corrected chi connectivity index (χ3v) is 3.29. The molecule has 1 heterocycles. The van der Waals surface area contributed by atoms with Crippen LogP contribution >= 0.6 is 0 Å². The number of carbonyl (C=O) groups is 1. The molecule has 1 fully saturated rings. The Bertz CT molecular complexity index is 265. The molecule has 1 rings (SSSR count). The fourth-order valence-corrected chi connectivity index (χ4v) is 2.37. The Labute approximate surface area is 111 Å². The number of alkyl carbamates (subject to hydrolysis) is 1. The number of carbonyl (C=O) groups excluding carboxylic acids is 1. The molecule has 0 aliphatic carbocycles. The van der Waals surface area contributed by atoms with E-state index in [4.69, 9.17) is 4.74 Å². The molecule has 0 spiro atoms. The van der Waals surface area contributed by atoms with Gasteiger partial charge in [-0.2, -0.15) is 0 Å². The highest BCUT2D eigenvalue weighted by atomic mass is 16.6. The van der Waals surface area contributed by atoms with Crippen molar-refractivity contribution in [2.45, 2.75) is 58.6 Å². The van der Waals surface area contributed by atoms with E-state index < -0.39 is 5.60 Å². The van der Waals surface area contributed by atoms with Crippen molar-refractivity contribution >= 4 is 6.09 Å². The largest absolute Gasteiger partial charge is 0.444 e. The van der Waals surface area contributed by atoms with Crippen molar-refractivity contribution in [2.24, 2.45) is 5.92 Å². The van der Waals surface area contributed by atoms with Gasteiger partial charge in [0.05, 0.1) is 0 Å². The molecule has 0 aromatic rings. The van der Waals surface area contributed by atoms with Crippen LogP contribution in [0.15, 0.2) is 0 Å². The zero-order chi connectivity index (χ0) is 13.8. The average molecular weight is 256 g/mol. The molecule has 1 aliphatic rings. The van der Waals surface area contributed by atoms with E-state index in [0.29, 0.717) is 0 Å². The molecular formula is C14H28N2O2. The Morgan fingerprint density at radius 3 is 2.44 bits per heavy atom. The number of nitrogens with one attached hydrogen (secondary N) is 1. The van der Waals surface area contributed by atoms with Crippen LogP contribution in [0, 0.1) is 5.92 Å². The van der Waals surface area contributed by atoms with Crippen LogP contribution in [0.2, 0.25) is 0 Å². The van der Waals surface area contributed by atoms with Crippen molar-refractivity contribution in [3.8, 4) is 0 Å². The van der Waals surface area contributed by atoms with Gasteiger partial charge in [0.2, 0.25) is 0 Å². The Kier molecular flexibility index (Phi) is 5.45. The number of piperidine rings is 1. The summed E-state index contributed by atoms with van der Waals surface area (Å²) in [6.07, 6.45) is 3.21. The van der Waals surface area contributed by atoms with Crippen LogP contribution in [-0.4, -0.2) is 42.8 Å². The van der Waals surface area contributed by atoms with Crippen molar-refractivity contribution in [2.75, 3.05) is 20.1 Å². The van der Waals surface area contributed by atoms with E-state index in [1.54, 1.807) is 0 Å². The molecule has 0 bridgehead atoms. The van der Waals surface area contributed by atoms with Crippen LogP contribution in [0.1, 0.15) is 47.0 Å². The number of nitrogens with zero attached hydrogens (tertiary/aromatic N) is 1. The first-order chi connectivity index (χ1) is 8.26. The predicted molar refractivity (Wildman–Crippen MR) is 73.7 cm³/mol. The van der Waals surface area contributed by atoms with Gasteiger partial charge >= 0.3 is 6.09 Å². The Morgan fingerprint density at radius 1 is 1.39 bits per heavy atom. The number of amides is 1. The molecule has 1 atom stereocenters. The summed E-state index contributed by atoms with van der Waals surface area (Å²) in [5, 5.41) is 2.92. The first-order valence-corrected chi connectivity index (χ1v) is 6.94. The molecule has 0 saturated carbocycles. The van der Waals surface area contributed by atoms with E-state index in [9.17, 15) is 4.79 Å². The standard InChI is InChI=1S/C14H28N2O2/c1-11(15-13(17)18-14(2,3)4)10-12-6-8-16(5)9-7-12/h11-12H,6-10H2,1-5H3,(H,15,17).